The number of hydrogen-bond acceptors (Lipinski definition) is 7. The highest BCUT2D eigenvalue weighted by Crippen LogP contribution is 2.24. The molecule has 126 valence electrons. The maximum atomic E-state index is 12.1. The molecule has 0 amide bonds. The number of aromatic nitrogens is 2. The summed E-state index contributed by atoms with van der Waals surface area (Å²) in [6, 6.07) is 12.8. The Morgan fingerprint density at radius 3 is 2.72 bits per heavy atom. The first-order valence-electron chi connectivity index (χ1n) is 7.03. The average molecular weight is 360 g/mol. The number of ether oxygens (including phenoxy) is 1. The van der Waals surface area contributed by atoms with Gasteiger partial charge in [-0.25, -0.2) is 4.79 Å². The molecule has 2 aromatic carbocycles. The molecule has 1 aromatic heterocycles. The van der Waals surface area contributed by atoms with Crippen LogP contribution in [0.2, 0.25) is 5.02 Å². The SMILES string of the molecule is O=C(OCc1nc(-c2ccccc2)no1)c1ccc(Cl)cc1[N+](=O)[O-]. The first-order valence-corrected chi connectivity index (χ1v) is 7.41. The van der Waals surface area contributed by atoms with Crippen molar-refractivity contribution in [2.24, 2.45) is 0 Å². The van der Waals surface area contributed by atoms with Gasteiger partial charge in [-0.1, -0.05) is 47.1 Å². The quantitative estimate of drug-likeness (QED) is 0.388. The summed E-state index contributed by atoms with van der Waals surface area (Å²) >= 11 is 5.71. The number of nitro benzene ring substituents is 1. The predicted octanol–water partition coefficient (Wildman–Crippen LogP) is 3.66. The molecule has 0 fully saturated rings. The molecule has 3 aromatic rings. The maximum Gasteiger partial charge on any atom is 0.345 e. The molecule has 0 bridgehead atoms. The van der Waals surface area contributed by atoms with Crippen LogP contribution in [0.15, 0.2) is 53.1 Å². The van der Waals surface area contributed by atoms with Gasteiger partial charge in [0, 0.05) is 16.7 Å². The van der Waals surface area contributed by atoms with Crippen LogP contribution in [0, 0.1) is 10.1 Å². The van der Waals surface area contributed by atoms with E-state index >= 15 is 0 Å². The molecule has 0 spiro atoms. The van der Waals surface area contributed by atoms with Gasteiger partial charge in [0.1, 0.15) is 5.56 Å². The van der Waals surface area contributed by atoms with Gasteiger partial charge in [0.25, 0.3) is 11.6 Å². The van der Waals surface area contributed by atoms with Crippen molar-refractivity contribution in [1.82, 2.24) is 10.1 Å². The van der Waals surface area contributed by atoms with Gasteiger partial charge >= 0.3 is 5.97 Å². The number of nitrogens with zero attached hydrogens (tertiary/aromatic N) is 3. The third kappa shape index (κ3) is 3.81. The van der Waals surface area contributed by atoms with Crippen LogP contribution < -0.4 is 0 Å². The van der Waals surface area contributed by atoms with E-state index in [1.807, 2.05) is 18.2 Å². The van der Waals surface area contributed by atoms with Gasteiger partial charge < -0.3 is 9.26 Å². The molecule has 0 saturated carbocycles. The zero-order valence-electron chi connectivity index (χ0n) is 12.6. The van der Waals surface area contributed by atoms with E-state index in [1.54, 1.807) is 12.1 Å². The molecular weight excluding hydrogens is 350 g/mol. The second kappa shape index (κ2) is 7.10. The first-order chi connectivity index (χ1) is 12.0. The molecule has 8 nitrogen and oxygen atoms in total. The van der Waals surface area contributed by atoms with E-state index in [0.29, 0.717) is 5.82 Å². The summed E-state index contributed by atoms with van der Waals surface area (Å²) in [6.07, 6.45) is 0. The van der Waals surface area contributed by atoms with Crippen molar-refractivity contribution in [3.8, 4) is 11.4 Å². The number of halogens is 1. The average Bonchev–Trinajstić information content (AvgIpc) is 3.09. The lowest BCUT2D eigenvalue weighted by molar-refractivity contribution is -0.385. The second-order valence-electron chi connectivity index (χ2n) is 4.87. The van der Waals surface area contributed by atoms with Crippen LogP contribution in [0.1, 0.15) is 16.2 Å². The van der Waals surface area contributed by atoms with Crippen molar-refractivity contribution in [2.45, 2.75) is 6.61 Å². The Morgan fingerprint density at radius 2 is 2.00 bits per heavy atom. The zero-order chi connectivity index (χ0) is 17.8. The van der Waals surface area contributed by atoms with Gasteiger partial charge in [-0.15, -0.1) is 0 Å². The molecule has 0 saturated heterocycles. The van der Waals surface area contributed by atoms with Crippen molar-refractivity contribution < 1.29 is 19.0 Å². The first kappa shape index (κ1) is 16.6. The third-order valence-electron chi connectivity index (χ3n) is 3.20. The number of esters is 1. The molecular formula is C16H10ClN3O5. The predicted molar refractivity (Wildman–Crippen MR) is 87.0 cm³/mol. The van der Waals surface area contributed by atoms with Crippen LogP contribution in [0.25, 0.3) is 11.4 Å². The highest BCUT2D eigenvalue weighted by Gasteiger charge is 2.22. The molecule has 0 aliphatic rings. The second-order valence-corrected chi connectivity index (χ2v) is 5.31. The summed E-state index contributed by atoms with van der Waals surface area (Å²) in [5.74, 6) is -0.462. The molecule has 25 heavy (non-hydrogen) atoms. The summed E-state index contributed by atoms with van der Waals surface area (Å²) in [4.78, 5) is 26.5. The zero-order valence-corrected chi connectivity index (χ0v) is 13.3. The van der Waals surface area contributed by atoms with Gasteiger partial charge in [-0.05, 0) is 12.1 Å². The normalized spacial score (nSPS) is 10.4. The van der Waals surface area contributed by atoms with E-state index in [2.05, 4.69) is 10.1 Å². The number of nitro groups is 1. The largest absolute Gasteiger partial charge is 0.452 e. The number of carbonyl (C=O) groups excluding carboxylic acids is 1. The summed E-state index contributed by atoms with van der Waals surface area (Å²) < 4.78 is 10.0. The molecule has 3 rings (SSSR count). The number of rotatable bonds is 5. The van der Waals surface area contributed by atoms with E-state index < -0.39 is 16.6 Å². The molecule has 1 heterocycles. The maximum absolute atomic E-state index is 12.1. The van der Waals surface area contributed by atoms with Crippen molar-refractivity contribution in [3.63, 3.8) is 0 Å². The van der Waals surface area contributed by atoms with Crippen LogP contribution >= 0.6 is 11.6 Å². The van der Waals surface area contributed by atoms with E-state index in [9.17, 15) is 14.9 Å². The highest BCUT2D eigenvalue weighted by atomic mass is 35.5. The van der Waals surface area contributed by atoms with E-state index in [0.717, 1.165) is 11.6 Å². The van der Waals surface area contributed by atoms with Crippen LogP contribution in [0.5, 0.6) is 0 Å². The lowest BCUT2D eigenvalue weighted by Gasteiger charge is -2.03. The van der Waals surface area contributed by atoms with Crippen molar-refractivity contribution in [3.05, 3.63) is 75.1 Å². The Morgan fingerprint density at radius 1 is 1.24 bits per heavy atom. The van der Waals surface area contributed by atoms with Crippen LogP contribution in [0.4, 0.5) is 5.69 Å². The minimum absolute atomic E-state index is 0.0730. The third-order valence-corrected chi connectivity index (χ3v) is 3.44. The topological polar surface area (TPSA) is 108 Å². The van der Waals surface area contributed by atoms with E-state index in [1.165, 1.54) is 12.1 Å². The van der Waals surface area contributed by atoms with Crippen LogP contribution in [-0.4, -0.2) is 21.0 Å². The summed E-state index contributed by atoms with van der Waals surface area (Å²) in [5, 5.41) is 14.9. The van der Waals surface area contributed by atoms with Gasteiger partial charge in [0.15, 0.2) is 6.61 Å². The Bertz CT molecular complexity index is 927. The van der Waals surface area contributed by atoms with Crippen LogP contribution in [0.3, 0.4) is 0 Å². The molecule has 9 heteroatoms. The Kier molecular flexibility index (Phi) is 4.71. The van der Waals surface area contributed by atoms with Crippen molar-refractivity contribution in [1.29, 1.82) is 0 Å². The molecule has 0 radical (unpaired) electrons. The number of benzene rings is 2. The van der Waals surface area contributed by atoms with Crippen LogP contribution in [-0.2, 0) is 11.3 Å². The fourth-order valence-corrected chi connectivity index (χ4v) is 2.22. The van der Waals surface area contributed by atoms with E-state index in [4.69, 9.17) is 20.9 Å². The molecule has 0 N–H and O–H groups in total. The number of hydrogen-bond donors (Lipinski definition) is 0. The summed E-state index contributed by atoms with van der Waals surface area (Å²) in [5.41, 5.74) is 0.0994. The summed E-state index contributed by atoms with van der Waals surface area (Å²) in [6.45, 7) is -0.307. The van der Waals surface area contributed by atoms with Crippen molar-refractivity contribution >= 4 is 23.3 Å². The van der Waals surface area contributed by atoms with Gasteiger partial charge in [0.2, 0.25) is 5.82 Å². The Hall–Kier alpha value is -3.26. The lowest BCUT2D eigenvalue weighted by atomic mass is 10.2. The highest BCUT2D eigenvalue weighted by molar-refractivity contribution is 6.31. The Labute approximate surface area is 146 Å². The molecule has 0 atom stereocenters. The van der Waals surface area contributed by atoms with Gasteiger partial charge in [-0.3, -0.25) is 10.1 Å². The Balaban J connectivity index is 1.71. The molecule has 0 aliphatic heterocycles. The lowest BCUT2D eigenvalue weighted by Crippen LogP contribution is -2.08. The van der Waals surface area contributed by atoms with Crippen molar-refractivity contribution in [2.75, 3.05) is 0 Å². The van der Waals surface area contributed by atoms with Gasteiger partial charge in [0.05, 0.1) is 4.92 Å². The minimum Gasteiger partial charge on any atom is -0.452 e. The smallest absolute Gasteiger partial charge is 0.345 e. The fourth-order valence-electron chi connectivity index (χ4n) is 2.05. The number of carbonyl (C=O) groups is 1. The van der Waals surface area contributed by atoms with Gasteiger partial charge in [-0.2, -0.15) is 4.98 Å². The molecule has 0 unspecified atom stereocenters. The molecule has 0 aliphatic carbocycles. The monoisotopic (exact) mass is 359 g/mol. The minimum atomic E-state index is -0.886. The fraction of sp³-hybridized carbons (Fsp3) is 0.0625. The summed E-state index contributed by atoms with van der Waals surface area (Å²) in [7, 11) is 0. The van der Waals surface area contributed by atoms with E-state index in [-0.39, 0.29) is 23.1 Å². The standard InChI is InChI=1S/C16H10ClN3O5/c17-11-6-7-12(13(8-11)20(22)23)16(21)24-9-14-18-15(19-25-14)10-4-2-1-3-5-10/h1-8H,9H2.